The highest BCUT2D eigenvalue weighted by atomic mass is 35.5. The summed E-state index contributed by atoms with van der Waals surface area (Å²) in [7, 11) is 1.35. The van der Waals surface area contributed by atoms with Crippen LogP contribution in [-0.2, 0) is 9.53 Å². The Morgan fingerprint density at radius 3 is 2.36 bits per heavy atom. The summed E-state index contributed by atoms with van der Waals surface area (Å²) in [6, 6.07) is 0. The summed E-state index contributed by atoms with van der Waals surface area (Å²) >= 11 is 5.70. The molecule has 0 saturated heterocycles. The van der Waals surface area contributed by atoms with Gasteiger partial charge >= 0.3 is 5.97 Å². The van der Waals surface area contributed by atoms with E-state index < -0.39 is 5.38 Å². The second-order valence-corrected chi connectivity index (χ2v) is 3.49. The van der Waals surface area contributed by atoms with Crippen LogP contribution in [0.5, 0.6) is 0 Å². The van der Waals surface area contributed by atoms with Gasteiger partial charge in [0.1, 0.15) is 5.38 Å². The number of hydrogen-bond acceptors (Lipinski definition) is 2. The van der Waals surface area contributed by atoms with Crippen LogP contribution >= 0.6 is 11.6 Å². The fourth-order valence-corrected chi connectivity index (χ4v) is 0.940. The first-order valence-electron chi connectivity index (χ1n) is 3.79. The topological polar surface area (TPSA) is 26.3 Å². The number of rotatable bonds is 4. The highest BCUT2D eigenvalue weighted by Gasteiger charge is 2.15. The Balaban J connectivity index is 3.52. The first-order chi connectivity index (χ1) is 5.07. The lowest BCUT2D eigenvalue weighted by atomic mass is 10.1. The fraction of sp³-hybridized carbons (Fsp3) is 0.875. The third-order valence-electron chi connectivity index (χ3n) is 1.45. The molecule has 11 heavy (non-hydrogen) atoms. The summed E-state index contributed by atoms with van der Waals surface area (Å²) < 4.78 is 4.47. The van der Waals surface area contributed by atoms with Crippen molar-refractivity contribution in [2.45, 2.75) is 32.1 Å². The third kappa shape index (κ3) is 5.08. The summed E-state index contributed by atoms with van der Waals surface area (Å²) in [5.41, 5.74) is 0. The summed E-state index contributed by atoms with van der Waals surface area (Å²) in [5, 5.41) is -0.470. The molecular formula is C8H15ClO2. The fourth-order valence-electron chi connectivity index (χ4n) is 0.725. The summed E-state index contributed by atoms with van der Waals surface area (Å²) in [4.78, 5) is 10.8. The van der Waals surface area contributed by atoms with Gasteiger partial charge in [-0.3, -0.25) is 4.79 Å². The van der Waals surface area contributed by atoms with Crippen LogP contribution in [0.2, 0.25) is 0 Å². The van der Waals surface area contributed by atoms with Crippen molar-refractivity contribution >= 4 is 17.6 Å². The minimum absolute atomic E-state index is 0.327. The number of alkyl halides is 1. The van der Waals surface area contributed by atoms with Gasteiger partial charge in [0.15, 0.2) is 0 Å². The highest BCUT2D eigenvalue weighted by molar-refractivity contribution is 6.29. The number of ether oxygens (including phenoxy) is 1. The van der Waals surface area contributed by atoms with E-state index >= 15 is 0 Å². The van der Waals surface area contributed by atoms with Crippen molar-refractivity contribution in [3.63, 3.8) is 0 Å². The van der Waals surface area contributed by atoms with Crippen LogP contribution in [-0.4, -0.2) is 18.5 Å². The molecule has 0 heterocycles. The molecule has 0 N–H and O–H groups in total. The molecule has 0 spiro atoms. The Hall–Kier alpha value is -0.240. The lowest BCUT2D eigenvalue weighted by Crippen LogP contribution is -2.16. The Morgan fingerprint density at radius 1 is 1.45 bits per heavy atom. The minimum Gasteiger partial charge on any atom is -0.468 e. The largest absolute Gasteiger partial charge is 0.468 e. The summed E-state index contributed by atoms with van der Waals surface area (Å²) in [5.74, 6) is 0.258. The van der Waals surface area contributed by atoms with Crippen LogP contribution in [0, 0.1) is 5.92 Å². The van der Waals surface area contributed by atoms with Crippen molar-refractivity contribution < 1.29 is 9.53 Å². The van der Waals surface area contributed by atoms with Crippen molar-refractivity contribution in [3.8, 4) is 0 Å². The second-order valence-electron chi connectivity index (χ2n) is 2.96. The molecule has 0 amide bonds. The Kier molecular flexibility index (Phi) is 5.30. The van der Waals surface area contributed by atoms with E-state index in [9.17, 15) is 4.79 Å². The van der Waals surface area contributed by atoms with Crippen LogP contribution in [0.25, 0.3) is 0 Å². The first kappa shape index (κ1) is 10.8. The SMILES string of the molecule is COC(=O)[C@@H](Cl)CCC(C)C. The average molecular weight is 179 g/mol. The lowest BCUT2D eigenvalue weighted by Gasteiger charge is -2.08. The molecule has 0 unspecified atom stereocenters. The maximum absolute atomic E-state index is 10.8. The van der Waals surface area contributed by atoms with Crippen molar-refractivity contribution in [3.05, 3.63) is 0 Å². The number of hydrogen-bond donors (Lipinski definition) is 0. The zero-order valence-corrected chi connectivity index (χ0v) is 8.02. The molecule has 2 nitrogen and oxygen atoms in total. The number of esters is 1. The van der Waals surface area contributed by atoms with Gasteiger partial charge in [0.25, 0.3) is 0 Å². The molecule has 0 bridgehead atoms. The van der Waals surface area contributed by atoms with Crippen molar-refractivity contribution in [2.75, 3.05) is 7.11 Å². The average Bonchev–Trinajstić information content (AvgIpc) is 1.98. The Morgan fingerprint density at radius 2 is 2.00 bits per heavy atom. The van der Waals surface area contributed by atoms with Gasteiger partial charge in [0.05, 0.1) is 7.11 Å². The molecular weight excluding hydrogens is 164 g/mol. The van der Waals surface area contributed by atoms with Gasteiger partial charge in [-0.25, -0.2) is 0 Å². The van der Waals surface area contributed by atoms with Crippen LogP contribution in [0.4, 0.5) is 0 Å². The zero-order valence-electron chi connectivity index (χ0n) is 7.26. The maximum Gasteiger partial charge on any atom is 0.323 e. The van der Waals surface area contributed by atoms with E-state index in [0.29, 0.717) is 12.3 Å². The molecule has 0 aromatic heterocycles. The lowest BCUT2D eigenvalue weighted by molar-refractivity contribution is -0.140. The smallest absolute Gasteiger partial charge is 0.323 e. The number of methoxy groups -OCH3 is 1. The molecule has 0 fully saturated rings. The van der Waals surface area contributed by atoms with Crippen LogP contribution in [0.15, 0.2) is 0 Å². The predicted molar refractivity (Wildman–Crippen MR) is 45.7 cm³/mol. The Bertz CT molecular complexity index is 123. The number of carbonyl (C=O) groups is 1. The first-order valence-corrected chi connectivity index (χ1v) is 4.23. The predicted octanol–water partition coefficient (Wildman–Crippen LogP) is 2.20. The van der Waals surface area contributed by atoms with E-state index in [1.807, 2.05) is 0 Å². The summed E-state index contributed by atoms with van der Waals surface area (Å²) in [6.45, 7) is 4.20. The third-order valence-corrected chi connectivity index (χ3v) is 1.85. The molecule has 0 aliphatic carbocycles. The van der Waals surface area contributed by atoms with E-state index in [1.54, 1.807) is 0 Å². The van der Waals surface area contributed by atoms with E-state index in [0.717, 1.165) is 6.42 Å². The van der Waals surface area contributed by atoms with Gasteiger partial charge < -0.3 is 4.74 Å². The normalized spacial score (nSPS) is 13.2. The molecule has 0 aliphatic rings. The van der Waals surface area contributed by atoms with Crippen molar-refractivity contribution in [1.82, 2.24) is 0 Å². The molecule has 0 radical (unpaired) electrons. The molecule has 0 aromatic carbocycles. The van der Waals surface area contributed by atoms with E-state index in [4.69, 9.17) is 11.6 Å². The molecule has 3 heteroatoms. The van der Waals surface area contributed by atoms with Gasteiger partial charge in [0.2, 0.25) is 0 Å². The minimum atomic E-state index is -0.470. The zero-order chi connectivity index (χ0) is 8.85. The standard InChI is InChI=1S/C8H15ClO2/c1-6(2)4-5-7(9)8(10)11-3/h6-7H,4-5H2,1-3H3/t7-/m0/s1. The van der Waals surface area contributed by atoms with Gasteiger partial charge in [0, 0.05) is 0 Å². The van der Waals surface area contributed by atoms with E-state index in [-0.39, 0.29) is 5.97 Å². The molecule has 0 aromatic rings. The van der Waals surface area contributed by atoms with E-state index in [1.165, 1.54) is 7.11 Å². The summed E-state index contributed by atoms with van der Waals surface area (Å²) in [6.07, 6.45) is 1.66. The van der Waals surface area contributed by atoms with Gasteiger partial charge in [-0.1, -0.05) is 13.8 Å². The Labute approximate surface area is 72.9 Å². The van der Waals surface area contributed by atoms with Crippen molar-refractivity contribution in [1.29, 1.82) is 0 Å². The van der Waals surface area contributed by atoms with Crippen LogP contribution in [0.1, 0.15) is 26.7 Å². The maximum atomic E-state index is 10.8. The van der Waals surface area contributed by atoms with Gasteiger partial charge in [-0.15, -0.1) is 11.6 Å². The van der Waals surface area contributed by atoms with Crippen molar-refractivity contribution in [2.24, 2.45) is 5.92 Å². The molecule has 0 aliphatic heterocycles. The molecule has 0 rings (SSSR count). The van der Waals surface area contributed by atoms with Crippen LogP contribution < -0.4 is 0 Å². The van der Waals surface area contributed by atoms with E-state index in [2.05, 4.69) is 18.6 Å². The molecule has 0 saturated carbocycles. The molecule has 1 atom stereocenters. The second kappa shape index (κ2) is 5.42. The highest BCUT2D eigenvalue weighted by Crippen LogP contribution is 2.12. The quantitative estimate of drug-likeness (QED) is 0.488. The van der Waals surface area contributed by atoms with Gasteiger partial charge in [-0.05, 0) is 18.8 Å². The monoisotopic (exact) mass is 178 g/mol. The number of halogens is 1. The van der Waals surface area contributed by atoms with Crippen LogP contribution in [0.3, 0.4) is 0 Å². The van der Waals surface area contributed by atoms with Gasteiger partial charge in [-0.2, -0.15) is 0 Å². The number of carbonyl (C=O) groups excluding carboxylic acids is 1. The molecule has 66 valence electrons.